The standard InChI is InChI=1S/C19H26N2O4S/c1-12(2)8-9-13(3)20-17(22)11-25-18(23)10-16-19(24)21-14-6-4-5-7-15(14)26-16/h4-7,12-13,16H,8-11H2,1-3H3,(H,20,22)(H,21,24)/t13-,16-/m0/s1. The van der Waals surface area contributed by atoms with Gasteiger partial charge in [0.2, 0.25) is 5.91 Å². The van der Waals surface area contributed by atoms with Gasteiger partial charge in [-0.25, -0.2) is 0 Å². The van der Waals surface area contributed by atoms with Gasteiger partial charge in [0.25, 0.3) is 5.91 Å². The number of benzene rings is 1. The van der Waals surface area contributed by atoms with Crippen molar-refractivity contribution >= 4 is 35.2 Å². The molecule has 26 heavy (non-hydrogen) atoms. The molecule has 6 nitrogen and oxygen atoms in total. The number of thioether (sulfide) groups is 1. The molecule has 0 saturated heterocycles. The number of carbonyl (C=O) groups excluding carboxylic acids is 3. The van der Waals surface area contributed by atoms with Crippen molar-refractivity contribution in [1.29, 1.82) is 0 Å². The van der Waals surface area contributed by atoms with Gasteiger partial charge in [0.05, 0.1) is 17.4 Å². The summed E-state index contributed by atoms with van der Waals surface area (Å²) < 4.78 is 5.03. The molecule has 1 aromatic rings. The van der Waals surface area contributed by atoms with E-state index >= 15 is 0 Å². The van der Waals surface area contributed by atoms with E-state index in [2.05, 4.69) is 24.5 Å². The maximum absolute atomic E-state index is 12.1. The maximum Gasteiger partial charge on any atom is 0.307 e. The Labute approximate surface area is 158 Å². The zero-order valence-electron chi connectivity index (χ0n) is 15.4. The van der Waals surface area contributed by atoms with E-state index in [1.54, 1.807) is 0 Å². The first-order valence-electron chi connectivity index (χ1n) is 8.86. The number of ether oxygens (including phenoxy) is 1. The number of esters is 1. The van der Waals surface area contributed by atoms with Crippen LogP contribution in [0, 0.1) is 5.92 Å². The average molecular weight is 378 g/mol. The molecule has 0 saturated carbocycles. The smallest absolute Gasteiger partial charge is 0.307 e. The summed E-state index contributed by atoms with van der Waals surface area (Å²) in [5.41, 5.74) is 0.752. The third-order valence-corrected chi connectivity index (χ3v) is 5.28. The van der Waals surface area contributed by atoms with E-state index < -0.39 is 11.2 Å². The van der Waals surface area contributed by atoms with E-state index in [0.29, 0.717) is 5.92 Å². The summed E-state index contributed by atoms with van der Waals surface area (Å²) in [6.45, 7) is 5.88. The van der Waals surface area contributed by atoms with Gasteiger partial charge in [-0.1, -0.05) is 26.0 Å². The molecule has 0 radical (unpaired) electrons. The lowest BCUT2D eigenvalue weighted by Crippen LogP contribution is -2.37. The summed E-state index contributed by atoms with van der Waals surface area (Å²) in [5.74, 6) is -0.517. The number of amides is 2. The van der Waals surface area contributed by atoms with Gasteiger partial charge in [-0.05, 0) is 37.8 Å². The molecule has 0 fully saturated rings. The third kappa shape index (κ3) is 6.37. The normalized spacial score (nSPS) is 17.2. The second-order valence-corrected chi connectivity index (χ2v) is 8.14. The number of hydrogen-bond acceptors (Lipinski definition) is 5. The maximum atomic E-state index is 12.1. The predicted molar refractivity (Wildman–Crippen MR) is 102 cm³/mol. The molecule has 0 aliphatic carbocycles. The van der Waals surface area contributed by atoms with Crippen LogP contribution in [0.2, 0.25) is 0 Å². The van der Waals surface area contributed by atoms with Crippen molar-refractivity contribution < 1.29 is 19.1 Å². The molecule has 7 heteroatoms. The van der Waals surface area contributed by atoms with E-state index in [-0.39, 0.29) is 30.9 Å². The molecule has 1 aromatic carbocycles. The van der Waals surface area contributed by atoms with Crippen LogP contribution in [0.1, 0.15) is 40.0 Å². The molecule has 1 aliphatic heterocycles. The Bertz CT molecular complexity index is 663. The van der Waals surface area contributed by atoms with Crippen LogP contribution in [0.5, 0.6) is 0 Å². The van der Waals surface area contributed by atoms with Crippen LogP contribution in [0.4, 0.5) is 5.69 Å². The van der Waals surface area contributed by atoms with Crippen LogP contribution in [-0.2, 0) is 19.1 Å². The minimum absolute atomic E-state index is 0.0415. The predicted octanol–water partition coefficient (Wildman–Crippen LogP) is 2.97. The van der Waals surface area contributed by atoms with Crippen molar-refractivity contribution in [3.05, 3.63) is 24.3 Å². The van der Waals surface area contributed by atoms with Gasteiger partial charge < -0.3 is 15.4 Å². The number of carbonyl (C=O) groups is 3. The quantitative estimate of drug-likeness (QED) is 0.680. The highest BCUT2D eigenvalue weighted by Crippen LogP contribution is 2.36. The zero-order valence-corrected chi connectivity index (χ0v) is 16.2. The summed E-state index contributed by atoms with van der Waals surface area (Å²) in [7, 11) is 0. The van der Waals surface area contributed by atoms with E-state index in [1.807, 2.05) is 31.2 Å². The fraction of sp³-hybridized carbons (Fsp3) is 0.526. The molecule has 2 amide bonds. The van der Waals surface area contributed by atoms with Crippen molar-refractivity contribution in [2.24, 2.45) is 5.92 Å². The second-order valence-electron chi connectivity index (χ2n) is 6.90. The highest BCUT2D eigenvalue weighted by atomic mass is 32.2. The molecule has 0 bridgehead atoms. The summed E-state index contributed by atoms with van der Waals surface area (Å²) in [5, 5.41) is 5.05. The highest BCUT2D eigenvalue weighted by Gasteiger charge is 2.29. The van der Waals surface area contributed by atoms with Crippen molar-refractivity contribution in [3.63, 3.8) is 0 Å². The molecule has 0 aromatic heterocycles. The van der Waals surface area contributed by atoms with Crippen LogP contribution in [0.25, 0.3) is 0 Å². The molecular formula is C19H26N2O4S. The van der Waals surface area contributed by atoms with E-state index in [0.717, 1.165) is 23.4 Å². The third-order valence-electron chi connectivity index (χ3n) is 4.01. The lowest BCUT2D eigenvalue weighted by atomic mass is 10.0. The van der Waals surface area contributed by atoms with Crippen molar-refractivity contribution in [2.45, 2.75) is 56.2 Å². The summed E-state index contributed by atoms with van der Waals surface area (Å²) in [6, 6.07) is 7.47. The number of para-hydroxylation sites is 1. The zero-order chi connectivity index (χ0) is 19.1. The molecule has 1 heterocycles. The number of rotatable bonds is 8. The lowest BCUT2D eigenvalue weighted by Gasteiger charge is -2.23. The first-order chi connectivity index (χ1) is 12.3. The Morgan fingerprint density at radius 3 is 2.69 bits per heavy atom. The first kappa shape index (κ1) is 20.3. The Hall–Kier alpha value is -2.02. The average Bonchev–Trinajstić information content (AvgIpc) is 2.59. The number of hydrogen-bond donors (Lipinski definition) is 2. The van der Waals surface area contributed by atoms with Crippen LogP contribution in [0.3, 0.4) is 0 Å². The number of nitrogens with one attached hydrogen (secondary N) is 2. The summed E-state index contributed by atoms with van der Waals surface area (Å²) in [6.07, 6.45) is 1.84. The Kier molecular flexibility index (Phi) is 7.50. The summed E-state index contributed by atoms with van der Waals surface area (Å²) in [4.78, 5) is 36.8. The number of anilines is 1. The number of fused-ring (bicyclic) bond motifs is 1. The van der Waals surface area contributed by atoms with Crippen LogP contribution >= 0.6 is 11.8 Å². The van der Waals surface area contributed by atoms with Crippen molar-refractivity contribution in [2.75, 3.05) is 11.9 Å². The minimum atomic E-state index is -0.554. The molecule has 142 valence electrons. The fourth-order valence-electron chi connectivity index (χ4n) is 2.56. The first-order valence-corrected chi connectivity index (χ1v) is 9.74. The largest absolute Gasteiger partial charge is 0.456 e. The van der Waals surface area contributed by atoms with Gasteiger partial charge in [-0.15, -0.1) is 11.8 Å². The van der Waals surface area contributed by atoms with E-state index in [9.17, 15) is 14.4 Å². The molecule has 0 spiro atoms. The monoisotopic (exact) mass is 378 g/mol. The van der Waals surface area contributed by atoms with E-state index in [1.165, 1.54) is 11.8 Å². The highest BCUT2D eigenvalue weighted by molar-refractivity contribution is 8.01. The van der Waals surface area contributed by atoms with Gasteiger partial charge in [-0.2, -0.15) is 0 Å². The van der Waals surface area contributed by atoms with Crippen LogP contribution < -0.4 is 10.6 Å². The van der Waals surface area contributed by atoms with Gasteiger partial charge in [0.1, 0.15) is 0 Å². The Morgan fingerprint density at radius 1 is 1.23 bits per heavy atom. The minimum Gasteiger partial charge on any atom is -0.456 e. The Morgan fingerprint density at radius 2 is 1.96 bits per heavy atom. The van der Waals surface area contributed by atoms with Gasteiger partial charge in [-0.3, -0.25) is 14.4 Å². The van der Waals surface area contributed by atoms with Crippen LogP contribution in [-0.4, -0.2) is 35.7 Å². The lowest BCUT2D eigenvalue weighted by molar-refractivity contribution is -0.149. The Balaban J connectivity index is 1.73. The van der Waals surface area contributed by atoms with Gasteiger partial charge >= 0.3 is 5.97 Å². The SMILES string of the molecule is CC(C)CC[C@H](C)NC(=O)COC(=O)C[C@@H]1Sc2ccccc2NC1=O. The van der Waals surface area contributed by atoms with Crippen LogP contribution in [0.15, 0.2) is 29.2 Å². The molecule has 2 atom stereocenters. The molecule has 0 unspecified atom stereocenters. The van der Waals surface area contributed by atoms with Gasteiger partial charge in [0, 0.05) is 10.9 Å². The van der Waals surface area contributed by atoms with E-state index in [4.69, 9.17) is 4.74 Å². The molecular weight excluding hydrogens is 352 g/mol. The summed E-state index contributed by atoms with van der Waals surface area (Å²) >= 11 is 1.33. The topological polar surface area (TPSA) is 84.5 Å². The van der Waals surface area contributed by atoms with Crippen molar-refractivity contribution in [1.82, 2.24) is 5.32 Å². The van der Waals surface area contributed by atoms with Gasteiger partial charge in [0.15, 0.2) is 6.61 Å². The second kappa shape index (κ2) is 9.62. The van der Waals surface area contributed by atoms with Crippen molar-refractivity contribution in [3.8, 4) is 0 Å². The fourth-order valence-corrected chi connectivity index (χ4v) is 3.65. The molecule has 2 rings (SSSR count). The molecule has 1 aliphatic rings. The molecule has 2 N–H and O–H groups in total.